The summed E-state index contributed by atoms with van der Waals surface area (Å²) in [6, 6.07) is 11.3. The van der Waals surface area contributed by atoms with Gasteiger partial charge in [0.25, 0.3) is 10.6 Å². The van der Waals surface area contributed by atoms with Crippen molar-refractivity contribution in [3.8, 4) is 34.4 Å². The molecule has 40 heavy (non-hydrogen) atoms. The van der Waals surface area contributed by atoms with E-state index in [0.717, 1.165) is 11.1 Å². The van der Waals surface area contributed by atoms with Crippen molar-refractivity contribution in [2.75, 3.05) is 27.4 Å². The third-order valence-electron chi connectivity index (χ3n) is 6.18. The summed E-state index contributed by atoms with van der Waals surface area (Å²) in [6.07, 6.45) is 0. The van der Waals surface area contributed by atoms with Gasteiger partial charge in [-0.1, -0.05) is 6.07 Å². The van der Waals surface area contributed by atoms with Gasteiger partial charge in [-0.15, -0.1) is 10.1 Å². The Morgan fingerprint density at radius 2 is 1.73 bits per heavy atom. The van der Waals surface area contributed by atoms with E-state index in [1.54, 1.807) is 12.1 Å². The van der Waals surface area contributed by atoms with Crippen LogP contribution in [0, 0.1) is 30.9 Å². The van der Waals surface area contributed by atoms with Crippen LogP contribution in [0.5, 0.6) is 23.0 Å². The zero-order chi connectivity index (χ0) is 29.0. The number of H-pyrrole nitrogens is 1. The number of nitrogens with one attached hydrogen (secondary N) is 1. The predicted octanol–water partition coefficient (Wildman–Crippen LogP) is 4.34. The van der Waals surface area contributed by atoms with Gasteiger partial charge < -0.3 is 23.9 Å². The number of aryl methyl sites for hydroxylation is 2. The van der Waals surface area contributed by atoms with E-state index < -0.39 is 11.1 Å². The summed E-state index contributed by atoms with van der Waals surface area (Å²) in [5.41, 5.74) is 2.79. The molecule has 0 amide bonds. The van der Waals surface area contributed by atoms with Gasteiger partial charge in [-0.25, -0.2) is 9.78 Å². The zero-order valence-electron chi connectivity index (χ0n) is 22.5. The first-order valence-corrected chi connectivity index (χ1v) is 12.1. The second kappa shape index (κ2) is 11.7. The Bertz CT molecular complexity index is 1640. The molecule has 1 aromatic heterocycles. The molecule has 0 aliphatic heterocycles. The fourth-order valence-electron chi connectivity index (χ4n) is 4.31. The van der Waals surface area contributed by atoms with Crippen LogP contribution in [0.2, 0.25) is 0 Å². The third-order valence-corrected chi connectivity index (χ3v) is 6.18. The average molecular weight is 550 g/mol. The van der Waals surface area contributed by atoms with E-state index in [4.69, 9.17) is 18.9 Å². The molecule has 1 heterocycles. The number of methoxy groups -OCH3 is 2. The maximum atomic E-state index is 12.9. The van der Waals surface area contributed by atoms with E-state index in [1.165, 1.54) is 39.3 Å². The Morgan fingerprint density at radius 1 is 1.00 bits per heavy atom. The highest BCUT2D eigenvalue weighted by molar-refractivity contribution is 5.91. The molecule has 4 aromatic rings. The van der Waals surface area contributed by atoms with Crippen LogP contribution in [-0.4, -0.2) is 48.5 Å². The SMILES string of the molecule is COc1cc(OC)c2c(=O)[nH]c(-c3cc(C)c(OCCOC(=O)c4cccc(O[N+](=O)[O-])c4C)c(C)c3)nc2c1. The smallest absolute Gasteiger partial charge is 0.338 e. The Labute approximate surface area is 228 Å². The minimum atomic E-state index is -0.941. The lowest BCUT2D eigenvalue weighted by Crippen LogP contribution is -2.15. The zero-order valence-corrected chi connectivity index (χ0v) is 22.5. The van der Waals surface area contributed by atoms with Crippen molar-refractivity contribution >= 4 is 16.9 Å². The monoisotopic (exact) mass is 549 g/mol. The molecule has 0 atom stereocenters. The van der Waals surface area contributed by atoms with Gasteiger partial charge in [-0.3, -0.25) is 9.63 Å². The summed E-state index contributed by atoms with van der Waals surface area (Å²) in [4.78, 5) is 48.0. The molecule has 0 fully saturated rings. The average Bonchev–Trinajstić information content (AvgIpc) is 2.91. The largest absolute Gasteiger partial charge is 0.497 e. The summed E-state index contributed by atoms with van der Waals surface area (Å²) in [5, 5.41) is 10.0. The van der Waals surface area contributed by atoms with Crippen molar-refractivity contribution in [3.05, 3.63) is 85.2 Å². The van der Waals surface area contributed by atoms with Gasteiger partial charge in [0.05, 0.1) is 25.3 Å². The first-order valence-electron chi connectivity index (χ1n) is 12.1. The third kappa shape index (κ3) is 5.80. The van der Waals surface area contributed by atoms with Crippen molar-refractivity contribution < 1.29 is 33.7 Å². The van der Waals surface area contributed by atoms with Crippen LogP contribution in [0.4, 0.5) is 0 Å². The minimum Gasteiger partial charge on any atom is -0.497 e. The van der Waals surface area contributed by atoms with Gasteiger partial charge in [-0.2, -0.15) is 0 Å². The molecule has 0 saturated carbocycles. The molecule has 1 N–H and O–H groups in total. The lowest BCUT2D eigenvalue weighted by Gasteiger charge is -2.15. The van der Waals surface area contributed by atoms with Crippen LogP contribution in [0.1, 0.15) is 27.0 Å². The van der Waals surface area contributed by atoms with E-state index in [-0.39, 0.29) is 30.1 Å². The number of carbonyl (C=O) groups is 1. The highest BCUT2D eigenvalue weighted by Crippen LogP contribution is 2.31. The fourth-order valence-corrected chi connectivity index (χ4v) is 4.31. The van der Waals surface area contributed by atoms with E-state index in [0.29, 0.717) is 45.1 Å². The molecule has 0 unspecified atom stereocenters. The van der Waals surface area contributed by atoms with Crippen molar-refractivity contribution in [1.82, 2.24) is 9.97 Å². The van der Waals surface area contributed by atoms with E-state index in [9.17, 15) is 19.7 Å². The molecular formula is C28H27N3O9. The van der Waals surface area contributed by atoms with Gasteiger partial charge >= 0.3 is 5.97 Å². The summed E-state index contributed by atoms with van der Waals surface area (Å²) < 4.78 is 21.8. The summed E-state index contributed by atoms with van der Waals surface area (Å²) >= 11 is 0. The van der Waals surface area contributed by atoms with Crippen LogP contribution in [0.3, 0.4) is 0 Å². The maximum Gasteiger partial charge on any atom is 0.338 e. The quantitative estimate of drug-likeness (QED) is 0.131. The number of nitrogens with zero attached hydrogens (tertiary/aromatic N) is 2. The van der Waals surface area contributed by atoms with Gasteiger partial charge in [-0.05, 0) is 61.7 Å². The Balaban J connectivity index is 1.48. The molecular weight excluding hydrogens is 522 g/mol. The van der Waals surface area contributed by atoms with Gasteiger partial charge in [0.15, 0.2) is 0 Å². The van der Waals surface area contributed by atoms with Crippen LogP contribution in [0.25, 0.3) is 22.3 Å². The van der Waals surface area contributed by atoms with Crippen molar-refractivity contribution in [2.24, 2.45) is 0 Å². The Hall–Kier alpha value is -5.13. The first-order chi connectivity index (χ1) is 19.1. The molecule has 0 aliphatic carbocycles. The lowest BCUT2D eigenvalue weighted by atomic mass is 10.0. The highest BCUT2D eigenvalue weighted by Gasteiger charge is 2.17. The molecule has 0 spiro atoms. The molecule has 4 rings (SSSR count). The number of hydrogen-bond donors (Lipinski definition) is 1. The number of fused-ring (bicyclic) bond motifs is 1. The number of carbonyl (C=O) groups excluding carboxylic acids is 1. The molecule has 208 valence electrons. The number of ether oxygens (including phenoxy) is 4. The number of rotatable bonds is 10. The Morgan fingerprint density at radius 3 is 2.38 bits per heavy atom. The molecule has 3 aromatic carbocycles. The topological polar surface area (TPSA) is 152 Å². The second-order valence-electron chi connectivity index (χ2n) is 8.81. The fraction of sp³-hybridized carbons (Fsp3) is 0.250. The summed E-state index contributed by atoms with van der Waals surface area (Å²) in [5.74, 6) is 1.15. The molecule has 0 radical (unpaired) electrons. The molecule has 12 heteroatoms. The molecule has 0 saturated heterocycles. The van der Waals surface area contributed by atoms with Crippen molar-refractivity contribution in [1.29, 1.82) is 0 Å². The predicted molar refractivity (Wildman–Crippen MR) is 145 cm³/mol. The highest BCUT2D eigenvalue weighted by atomic mass is 17.0. The van der Waals surface area contributed by atoms with E-state index in [1.807, 2.05) is 26.0 Å². The van der Waals surface area contributed by atoms with Crippen LogP contribution >= 0.6 is 0 Å². The number of hydrogen-bond acceptors (Lipinski definition) is 10. The van der Waals surface area contributed by atoms with E-state index >= 15 is 0 Å². The number of aromatic amines is 1. The first kappa shape index (κ1) is 27.9. The number of benzene rings is 3. The molecule has 0 bridgehead atoms. The van der Waals surface area contributed by atoms with Crippen LogP contribution in [-0.2, 0) is 4.74 Å². The van der Waals surface area contributed by atoms with Crippen molar-refractivity contribution in [3.63, 3.8) is 0 Å². The number of aromatic nitrogens is 2. The maximum absolute atomic E-state index is 12.9. The lowest BCUT2D eigenvalue weighted by molar-refractivity contribution is -0.711. The van der Waals surface area contributed by atoms with Crippen LogP contribution < -0.4 is 24.6 Å². The van der Waals surface area contributed by atoms with E-state index in [2.05, 4.69) is 14.8 Å². The standard InChI is InChI=1S/C28H27N3O9/c1-15-11-18(26-29-21-13-19(36-4)14-23(37-5)24(21)27(32)30-26)12-16(2)25(15)38-9-10-39-28(33)20-7-6-8-22(17(20)3)40-31(34)35/h6-8,11-14H,9-10H2,1-5H3,(H,29,30,32). The normalized spacial score (nSPS) is 10.7. The van der Waals surface area contributed by atoms with Gasteiger partial charge in [0.2, 0.25) is 0 Å². The number of esters is 1. The van der Waals surface area contributed by atoms with Gasteiger partial charge in [0, 0.05) is 17.7 Å². The molecule has 0 aliphatic rings. The summed E-state index contributed by atoms with van der Waals surface area (Å²) in [6.45, 7) is 5.26. The molecule has 12 nitrogen and oxygen atoms in total. The summed E-state index contributed by atoms with van der Waals surface area (Å²) in [7, 11) is 3.00. The van der Waals surface area contributed by atoms with Crippen LogP contribution in [0.15, 0.2) is 47.3 Å². The minimum absolute atomic E-state index is 0.0393. The van der Waals surface area contributed by atoms with Crippen molar-refractivity contribution in [2.45, 2.75) is 20.8 Å². The van der Waals surface area contributed by atoms with Gasteiger partial charge in [0.1, 0.15) is 47.4 Å². The second-order valence-corrected chi connectivity index (χ2v) is 8.81. The Kier molecular flexibility index (Phi) is 8.18.